The zero-order chi connectivity index (χ0) is 32.0. The van der Waals surface area contributed by atoms with Crippen LogP contribution in [0, 0.1) is 0 Å². The number of esters is 1. The second-order valence-electron chi connectivity index (χ2n) is 10.9. The molecule has 46 heavy (non-hydrogen) atoms. The van der Waals surface area contributed by atoms with E-state index in [9.17, 15) is 4.79 Å². The van der Waals surface area contributed by atoms with E-state index in [0.29, 0.717) is 0 Å². The molecule has 8 nitrogen and oxygen atoms in total. The van der Waals surface area contributed by atoms with Gasteiger partial charge in [0.15, 0.2) is 6.10 Å². The van der Waals surface area contributed by atoms with Crippen LogP contribution in [0.2, 0.25) is 0 Å². The second kappa shape index (κ2) is 17.1. The third-order valence-corrected chi connectivity index (χ3v) is 7.47. The van der Waals surface area contributed by atoms with Crippen molar-refractivity contribution in [3.05, 3.63) is 144 Å². The van der Waals surface area contributed by atoms with Crippen molar-refractivity contribution in [2.24, 2.45) is 0 Å². The molecule has 1 fully saturated rings. The molecule has 0 radical (unpaired) electrons. The zero-order valence-corrected chi connectivity index (χ0v) is 25.7. The number of hydrogen-bond donors (Lipinski definition) is 0. The summed E-state index contributed by atoms with van der Waals surface area (Å²) >= 11 is 0. The number of benzene rings is 4. The first kappa shape index (κ1) is 33.4. The van der Waals surface area contributed by atoms with Crippen molar-refractivity contribution in [1.29, 1.82) is 0 Å². The van der Waals surface area contributed by atoms with Gasteiger partial charge in [0.2, 0.25) is 0 Å². The number of methoxy groups -OCH3 is 1. The predicted molar refractivity (Wildman–Crippen MR) is 168 cm³/mol. The van der Waals surface area contributed by atoms with Crippen molar-refractivity contribution in [3.8, 4) is 0 Å². The van der Waals surface area contributed by atoms with Gasteiger partial charge in [-0.2, -0.15) is 0 Å². The Morgan fingerprint density at radius 3 is 1.74 bits per heavy atom. The fourth-order valence-electron chi connectivity index (χ4n) is 5.22. The Hall–Kier alpha value is -3.96. The largest absolute Gasteiger partial charge is 0.450 e. The number of hydrogen-bond acceptors (Lipinski definition) is 8. The van der Waals surface area contributed by atoms with Crippen molar-refractivity contribution < 1.29 is 42.3 Å². The lowest BCUT2D eigenvalue weighted by molar-refractivity contribution is -0.348. The molecule has 0 spiro atoms. The molecule has 0 bridgehead atoms. The molecule has 4 aromatic carbocycles. The van der Waals surface area contributed by atoms with E-state index in [1.807, 2.05) is 91.0 Å². The number of rotatable bonds is 16. The van der Waals surface area contributed by atoms with Gasteiger partial charge >= 0.3 is 5.97 Å². The summed E-state index contributed by atoms with van der Waals surface area (Å²) in [6.45, 7) is -0.286. The van der Waals surface area contributed by atoms with Crippen molar-refractivity contribution in [2.75, 3.05) is 27.1 Å². The van der Waals surface area contributed by atoms with Gasteiger partial charge in [0.25, 0.3) is 5.85 Å². The van der Waals surface area contributed by atoms with Crippen molar-refractivity contribution >= 4 is 5.97 Å². The van der Waals surface area contributed by atoms with Gasteiger partial charge in [-0.05, 0) is 28.8 Å². The molecule has 3 unspecified atom stereocenters. The summed E-state index contributed by atoms with van der Waals surface area (Å²) in [6.07, 6.45) is -4.56. The van der Waals surface area contributed by atoms with E-state index < -0.39 is 42.8 Å². The Morgan fingerprint density at radius 2 is 1.20 bits per heavy atom. The highest BCUT2D eigenvalue weighted by molar-refractivity contribution is 5.89. The van der Waals surface area contributed by atoms with Gasteiger partial charge in [0.1, 0.15) is 31.7 Å². The van der Waals surface area contributed by atoms with E-state index in [-0.39, 0.29) is 38.8 Å². The summed E-state index contributed by atoms with van der Waals surface area (Å²) in [5.41, 5.74) is 2.94. The summed E-state index contributed by atoms with van der Waals surface area (Å²) in [7, 11) is 1.43. The first-order valence-electron chi connectivity index (χ1n) is 15.2. The molecule has 4 aromatic rings. The van der Waals surface area contributed by atoms with Crippen LogP contribution >= 0.6 is 0 Å². The topological polar surface area (TPSA) is 81.7 Å². The SMILES string of the molecule is COCOC[C@]1(F)OC(COCc2ccccc2)[C@H](OCc2ccccc2)C(OCc2ccccc2)C1OC(=O)c1ccccc1. The van der Waals surface area contributed by atoms with Crippen LogP contribution in [0.3, 0.4) is 0 Å². The lowest BCUT2D eigenvalue weighted by Crippen LogP contribution is -2.67. The van der Waals surface area contributed by atoms with Crippen LogP contribution in [-0.2, 0) is 53.0 Å². The number of alkyl halides is 1. The molecule has 0 amide bonds. The standard InChI is InChI=1S/C37H39FO8/c1-40-27-42-26-37(38)35(45-36(39)31-20-12-5-13-21-31)34(44-24-30-18-10-4-11-19-30)33(43-23-29-16-8-3-9-17-29)32(46-37)25-41-22-28-14-6-2-7-15-28/h2-21,32-35H,22-27H2,1H3/t32?,33-,34?,35?,37-/m0/s1. The second-order valence-corrected chi connectivity index (χ2v) is 10.9. The summed E-state index contributed by atoms with van der Waals surface area (Å²) < 4.78 is 58.8. The maximum atomic E-state index is 17.3. The molecule has 5 atom stereocenters. The molecule has 5 rings (SSSR count). The molecule has 242 valence electrons. The minimum absolute atomic E-state index is 0.0329. The Labute approximate surface area is 268 Å². The van der Waals surface area contributed by atoms with Crippen LogP contribution in [-0.4, -0.2) is 63.4 Å². The normalized spacial score (nSPS) is 22.7. The molecule has 1 aliphatic heterocycles. The smallest absolute Gasteiger partial charge is 0.338 e. The van der Waals surface area contributed by atoms with Crippen LogP contribution in [0.4, 0.5) is 4.39 Å². The van der Waals surface area contributed by atoms with Crippen LogP contribution in [0.15, 0.2) is 121 Å². The van der Waals surface area contributed by atoms with E-state index >= 15 is 4.39 Å². The minimum Gasteiger partial charge on any atom is -0.450 e. The van der Waals surface area contributed by atoms with Crippen molar-refractivity contribution in [1.82, 2.24) is 0 Å². The lowest BCUT2D eigenvalue weighted by Gasteiger charge is -2.48. The molecule has 0 N–H and O–H groups in total. The maximum absolute atomic E-state index is 17.3. The Kier molecular flexibility index (Phi) is 12.4. The number of carbonyl (C=O) groups excluding carboxylic acids is 1. The van der Waals surface area contributed by atoms with E-state index in [1.165, 1.54) is 7.11 Å². The molecule has 9 heteroatoms. The van der Waals surface area contributed by atoms with Crippen LogP contribution in [0.5, 0.6) is 0 Å². The van der Waals surface area contributed by atoms with Gasteiger partial charge in [0.05, 0.1) is 32.0 Å². The summed E-state index contributed by atoms with van der Waals surface area (Å²) in [6, 6.07) is 37.0. The number of carbonyl (C=O) groups is 1. The molecular weight excluding hydrogens is 591 g/mol. The van der Waals surface area contributed by atoms with Gasteiger partial charge in [-0.1, -0.05) is 109 Å². The lowest BCUT2D eigenvalue weighted by atomic mass is 9.92. The minimum atomic E-state index is -2.64. The average molecular weight is 631 g/mol. The maximum Gasteiger partial charge on any atom is 0.338 e. The summed E-state index contributed by atoms with van der Waals surface area (Å²) in [5, 5.41) is 0. The van der Waals surface area contributed by atoms with Gasteiger partial charge in [-0.3, -0.25) is 0 Å². The average Bonchev–Trinajstić information content (AvgIpc) is 3.10. The van der Waals surface area contributed by atoms with Crippen molar-refractivity contribution in [2.45, 2.75) is 50.1 Å². The molecule has 0 saturated carbocycles. The van der Waals surface area contributed by atoms with Crippen molar-refractivity contribution in [3.63, 3.8) is 0 Å². The predicted octanol–water partition coefficient (Wildman–Crippen LogP) is 6.28. The first-order chi connectivity index (χ1) is 22.6. The first-order valence-corrected chi connectivity index (χ1v) is 15.2. The monoisotopic (exact) mass is 630 g/mol. The highest BCUT2D eigenvalue weighted by Crippen LogP contribution is 2.38. The van der Waals surface area contributed by atoms with Gasteiger partial charge in [0, 0.05) is 7.11 Å². The van der Waals surface area contributed by atoms with E-state index in [4.69, 9.17) is 33.2 Å². The van der Waals surface area contributed by atoms with Crippen LogP contribution in [0.1, 0.15) is 27.0 Å². The van der Waals surface area contributed by atoms with Crippen LogP contribution < -0.4 is 0 Å². The Morgan fingerprint density at radius 1 is 0.696 bits per heavy atom. The van der Waals surface area contributed by atoms with Crippen LogP contribution in [0.25, 0.3) is 0 Å². The fourth-order valence-corrected chi connectivity index (χ4v) is 5.22. The van der Waals surface area contributed by atoms with E-state index in [0.717, 1.165) is 16.7 Å². The highest BCUT2D eigenvalue weighted by atomic mass is 19.2. The van der Waals surface area contributed by atoms with Gasteiger partial charge < -0.3 is 33.2 Å². The fraction of sp³-hybridized carbons (Fsp3) is 0.324. The van der Waals surface area contributed by atoms with E-state index in [1.54, 1.807) is 30.3 Å². The number of ether oxygens (including phenoxy) is 7. The molecule has 1 heterocycles. The third-order valence-electron chi connectivity index (χ3n) is 7.47. The summed E-state index contributed by atoms with van der Waals surface area (Å²) in [4.78, 5) is 13.4. The Bertz CT molecular complexity index is 1440. The molecule has 0 aromatic heterocycles. The van der Waals surface area contributed by atoms with Gasteiger partial charge in [-0.25, -0.2) is 9.18 Å². The number of halogens is 1. The molecule has 1 saturated heterocycles. The molecule has 1 aliphatic rings. The zero-order valence-electron chi connectivity index (χ0n) is 25.7. The molecule has 0 aliphatic carbocycles. The third kappa shape index (κ3) is 9.29. The Balaban J connectivity index is 1.48. The highest BCUT2D eigenvalue weighted by Gasteiger charge is 2.59. The molecular formula is C37H39FO8. The van der Waals surface area contributed by atoms with E-state index in [2.05, 4.69) is 0 Å². The summed E-state index contributed by atoms with van der Waals surface area (Å²) in [5.74, 6) is -3.38. The van der Waals surface area contributed by atoms with Gasteiger partial charge in [-0.15, -0.1) is 0 Å². The quantitative estimate of drug-likeness (QED) is 0.0813.